The van der Waals surface area contributed by atoms with Gasteiger partial charge in [0.15, 0.2) is 0 Å². The normalized spacial score (nSPS) is 21.5. The molecule has 2 aromatic rings. The summed E-state index contributed by atoms with van der Waals surface area (Å²) in [4.78, 5) is 9.59. The molecule has 4 rings (SSSR count). The third kappa shape index (κ3) is 2.71. The number of benzene rings is 1. The summed E-state index contributed by atoms with van der Waals surface area (Å²) in [5, 5.41) is 4.23. The lowest BCUT2D eigenvalue weighted by Crippen LogP contribution is -2.45. The number of halogens is 1. The van der Waals surface area contributed by atoms with Gasteiger partial charge in [-0.05, 0) is 29.3 Å². The quantitative estimate of drug-likeness (QED) is 0.872. The molecule has 0 amide bonds. The maximum atomic E-state index is 6.27. The van der Waals surface area contributed by atoms with Gasteiger partial charge in [-0.25, -0.2) is 0 Å². The van der Waals surface area contributed by atoms with Gasteiger partial charge in [-0.3, -0.25) is 9.88 Å². The lowest BCUT2D eigenvalue weighted by molar-refractivity contribution is 0.196. The molecule has 1 atom stereocenters. The molecule has 3 heterocycles. The van der Waals surface area contributed by atoms with E-state index in [1.54, 1.807) is 0 Å². The summed E-state index contributed by atoms with van der Waals surface area (Å²) in [7, 11) is 2.13. The van der Waals surface area contributed by atoms with Crippen LogP contribution in [0.2, 0.25) is 5.02 Å². The van der Waals surface area contributed by atoms with E-state index in [9.17, 15) is 0 Å². The Morgan fingerprint density at radius 1 is 1.22 bits per heavy atom. The van der Waals surface area contributed by atoms with Gasteiger partial charge in [0.25, 0.3) is 0 Å². The van der Waals surface area contributed by atoms with Gasteiger partial charge in [-0.2, -0.15) is 0 Å². The topological polar surface area (TPSA) is 31.4 Å². The van der Waals surface area contributed by atoms with Crippen molar-refractivity contribution in [3.8, 4) is 0 Å². The second-order valence-corrected chi connectivity index (χ2v) is 6.73. The molecule has 1 aromatic heterocycles. The third-order valence-electron chi connectivity index (χ3n) is 4.81. The molecule has 23 heavy (non-hydrogen) atoms. The highest BCUT2D eigenvalue weighted by molar-refractivity contribution is 6.30. The van der Waals surface area contributed by atoms with Crippen LogP contribution in [0.25, 0.3) is 0 Å². The highest BCUT2D eigenvalue weighted by Gasteiger charge is 2.32. The van der Waals surface area contributed by atoms with Crippen molar-refractivity contribution in [1.29, 1.82) is 0 Å². The Labute approximate surface area is 142 Å². The number of pyridine rings is 1. The van der Waals surface area contributed by atoms with Crippen LogP contribution in [0.5, 0.6) is 0 Å². The smallest absolute Gasteiger partial charge is 0.0800 e. The molecule has 4 nitrogen and oxygen atoms in total. The maximum Gasteiger partial charge on any atom is 0.0800 e. The van der Waals surface area contributed by atoms with E-state index in [2.05, 4.69) is 40.4 Å². The minimum atomic E-state index is 0.200. The average molecular weight is 329 g/mol. The Morgan fingerprint density at radius 3 is 2.87 bits per heavy atom. The summed E-state index contributed by atoms with van der Waals surface area (Å²) >= 11 is 6.27. The highest BCUT2D eigenvalue weighted by atomic mass is 35.5. The van der Waals surface area contributed by atoms with Crippen LogP contribution in [0.15, 0.2) is 36.5 Å². The number of hydrogen-bond acceptors (Lipinski definition) is 4. The van der Waals surface area contributed by atoms with Gasteiger partial charge in [-0.15, -0.1) is 0 Å². The summed E-state index contributed by atoms with van der Waals surface area (Å²) in [6, 6.07) is 10.7. The fraction of sp³-hybridized carbons (Fsp3) is 0.389. The molecule has 1 saturated heterocycles. The van der Waals surface area contributed by atoms with E-state index < -0.39 is 0 Å². The lowest BCUT2D eigenvalue weighted by Gasteiger charge is -2.35. The summed E-state index contributed by atoms with van der Waals surface area (Å²) in [6.45, 7) is 4.98. The van der Waals surface area contributed by atoms with Gasteiger partial charge < -0.3 is 10.2 Å². The molecule has 1 fully saturated rings. The Balaban J connectivity index is 1.89. The number of rotatable bonds is 1. The van der Waals surface area contributed by atoms with Gasteiger partial charge >= 0.3 is 0 Å². The molecule has 1 unspecified atom stereocenters. The van der Waals surface area contributed by atoms with E-state index in [4.69, 9.17) is 16.6 Å². The van der Waals surface area contributed by atoms with E-state index in [0.29, 0.717) is 0 Å². The summed E-state index contributed by atoms with van der Waals surface area (Å²) < 4.78 is 0. The van der Waals surface area contributed by atoms with E-state index in [0.717, 1.165) is 37.7 Å². The van der Waals surface area contributed by atoms with E-state index in [1.807, 2.05) is 18.3 Å². The lowest BCUT2D eigenvalue weighted by atomic mass is 9.97. The molecular weight excluding hydrogens is 308 g/mol. The van der Waals surface area contributed by atoms with Crippen molar-refractivity contribution in [3.63, 3.8) is 0 Å². The Hall–Kier alpha value is -1.62. The molecule has 0 bridgehead atoms. The van der Waals surface area contributed by atoms with Crippen LogP contribution >= 0.6 is 11.6 Å². The highest BCUT2D eigenvalue weighted by Crippen LogP contribution is 2.40. The first-order valence-electron chi connectivity index (χ1n) is 8.13. The van der Waals surface area contributed by atoms with Crippen molar-refractivity contribution in [2.75, 3.05) is 38.1 Å². The molecule has 5 heteroatoms. The number of nitrogens with zero attached hydrogens (tertiary/aromatic N) is 3. The second-order valence-electron chi connectivity index (χ2n) is 6.30. The maximum absolute atomic E-state index is 6.27. The first kappa shape index (κ1) is 14.9. The zero-order chi connectivity index (χ0) is 15.8. The minimum Gasteiger partial charge on any atom is -0.370 e. The number of piperazine rings is 1. The zero-order valence-corrected chi connectivity index (χ0v) is 14.1. The van der Waals surface area contributed by atoms with Gasteiger partial charge in [0.1, 0.15) is 0 Å². The molecule has 0 spiro atoms. The number of aromatic nitrogens is 1. The predicted octanol–water partition coefficient (Wildman–Crippen LogP) is 2.68. The zero-order valence-electron chi connectivity index (χ0n) is 13.3. The van der Waals surface area contributed by atoms with E-state index in [-0.39, 0.29) is 6.04 Å². The average Bonchev–Trinajstić information content (AvgIpc) is 2.70. The fourth-order valence-electron chi connectivity index (χ4n) is 3.71. The SMILES string of the molecule is CN1Cc2cccnc2C(N2CCNCC2)c2ccc(Cl)cc21. The number of nitrogens with one attached hydrogen (secondary N) is 1. The summed E-state index contributed by atoms with van der Waals surface area (Å²) in [6.07, 6.45) is 1.91. The minimum absolute atomic E-state index is 0.200. The predicted molar refractivity (Wildman–Crippen MR) is 94.1 cm³/mol. The van der Waals surface area contributed by atoms with Crippen LogP contribution in [0.3, 0.4) is 0 Å². The van der Waals surface area contributed by atoms with Crippen molar-refractivity contribution in [2.24, 2.45) is 0 Å². The van der Waals surface area contributed by atoms with Crippen molar-refractivity contribution < 1.29 is 0 Å². The molecule has 2 aliphatic rings. The monoisotopic (exact) mass is 328 g/mol. The first-order valence-corrected chi connectivity index (χ1v) is 8.51. The number of anilines is 1. The first-order chi connectivity index (χ1) is 11.2. The standard InChI is InChI=1S/C18H21ClN4/c1-22-12-13-3-2-6-21-17(13)18(23-9-7-20-8-10-23)15-5-4-14(19)11-16(15)22/h2-6,11,18,20H,7-10,12H2,1H3. The molecular formula is C18H21ClN4. The van der Waals surface area contributed by atoms with Crippen LogP contribution in [0.1, 0.15) is 22.9 Å². The van der Waals surface area contributed by atoms with Crippen LogP contribution in [0.4, 0.5) is 5.69 Å². The molecule has 120 valence electrons. The van der Waals surface area contributed by atoms with Crippen molar-refractivity contribution >= 4 is 17.3 Å². The van der Waals surface area contributed by atoms with Crippen molar-refractivity contribution in [2.45, 2.75) is 12.6 Å². The van der Waals surface area contributed by atoms with Crippen LogP contribution < -0.4 is 10.2 Å². The van der Waals surface area contributed by atoms with E-state index >= 15 is 0 Å². The van der Waals surface area contributed by atoms with Gasteiger partial charge in [-0.1, -0.05) is 23.7 Å². The second kappa shape index (κ2) is 6.11. The van der Waals surface area contributed by atoms with Gasteiger partial charge in [0.2, 0.25) is 0 Å². The third-order valence-corrected chi connectivity index (χ3v) is 5.04. The molecule has 1 aromatic carbocycles. The Kier molecular flexibility index (Phi) is 3.97. The van der Waals surface area contributed by atoms with Gasteiger partial charge in [0, 0.05) is 56.7 Å². The van der Waals surface area contributed by atoms with Crippen molar-refractivity contribution in [3.05, 3.63) is 58.4 Å². The molecule has 0 radical (unpaired) electrons. The molecule has 0 aliphatic carbocycles. The summed E-state index contributed by atoms with van der Waals surface area (Å²) in [5.74, 6) is 0. The van der Waals surface area contributed by atoms with E-state index in [1.165, 1.54) is 22.5 Å². The molecule has 1 N–H and O–H groups in total. The summed E-state index contributed by atoms with van der Waals surface area (Å²) in [5.41, 5.74) is 4.99. The van der Waals surface area contributed by atoms with Gasteiger partial charge in [0.05, 0.1) is 11.7 Å². The fourth-order valence-corrected chi connectivity index (χ4v) is 3.87. The van der Waals surface area contributed by atoms with Crippen LogP contribution in [0, 0.1) is 0 Å². The largest absolute Gasteiger partial charge is 0.370 e. The number of hydrogen-bond donors (Lipinski definition) is 1. The van der Waals surface area contributed by atoms with Crippen LogP contribution in [-0.2, 0) is 6.54 Å². The molecule has 2 aliphatic heterocycles. The Morgan fingerprint density at radius 2 is 2.04 bits per heavy atom. The van der Waals surface area contributed by atoms with Crippen molar-refractivity contribution in [1.82, 2.24) is 15.2 Å². The Bertz CT molecular complexity index is 712. The molecule has 0 saturated carbocycles. The van der Waals surface area contributed by atoms with Crippen LogP contribution in [-0.4, -0.2) is 43.1 Å². The number of fused-ring (bicyclic) bond motifs is 2.